The van der Waals surface area contributed by atoms with Crippen molar-refractivity contribution >= 4 is 37.8 Å². The van der Waals surface area contributed by atoms with Crippen molar-refractivity contribution in [3.63, 3.8) is 0 Å². The molecule has 4 heteroatoms. The van der Waals surface area contributed by atoms with Crippen LogP contribution in [0, 0.1) is 12.8 Å². The summed E-state index contributed by atoms with van der Waals surface area (Å²) < 4.78 is 0.985. The molecule has 2 atom stereocenters. The van der Waals surface area contributed by atoms with Gasteiger partial charge < -0.3 is 5.32 Å². The zero-order valence-corrected chi connectivity index (χ0v) is 14.3. The predicted octanol–water partition coefficient (Wildman–Crippen LogP) is 4.44. The first-order valence-electron chi connectivity index (χ1n) is 6.75. The predicted molar refractivity (Wildman–Crippen MR) is 85.9 cm³/mol. The Morgan fingerprint density at radius 2 is 2.21 bits per heavy atom. The number of hydrogen-bond acceptors (Lipinski definition) is 1. The summed E-state index contributed by atoms with van der Waals surface area (Å²) in [6.45, 7) is 2.75. The fourth-order valence-corrected chi connectivity index (χ4v) is 3.82. The molecule has 0 saturated heterocycles. The summed E-state index contributed by atoms with van der Waals surface area (Å²) in [7, 11) is 0. The van der Waals surface area contributed by atoms with E-state index >= 15 is 0 Å². The molecule has 0 aromatic heterocycles. The van der Waals surface area contributed by atoms with Crippen LogP contribution >= 0.6 is 31.9 Å². The molecule has 2 nitrogen and oxygen atoms in total. The van der Waals surface area contributed by atoms with Crippen LogP contribution in [-0.2, 0) is 0 Å². The third-order valence-corrected chi connectivity index (χ3v) is 5.47. The summed E-state index contributed by atoms with van der Waals surface area (Å²) in [6, 6.07) is 5.74. The highest BCUT2D eigenvalue weighted by atomic mass is 79.9. The number of hydrogen-bond donors (Lipinski definition) is 1. The van der Waals surface area contributed by atoms with E-state index in [-0.39, 0.29) is 5.91 Å². The molecule has 0 radical (unpaired) electrons. The molecular formula is C15H19Br2NO. The lowest BCUT2D eigenvalue weighted by Gasteiger charge is -2.25. The number of carbonyl (C=O) groups is 1. The Balaban J connectivity index is 1.92. The van der Waals surface area contributed by atoms with E-state index in [0.717, 1.165) is 28.6 Å². The molecule has 1 aliphatic rings. The normalized spacial score (nSPS) is 23.1. The molecule has 0 heterocycles. The molecule has 2 unspecified atom stereocenters. The van der Waals surface area contributed by atoms with Gasteiger partial charge in [-0.15, -0.1) is 0 Å². The minimum atomic E-state index is 0.0375. The number of rotatable bonds is 3. The van der Waals surface area contributed by atoms with E-state index in [1.807, 2.05) is 25.1 Å². The molecule has 1 N–H and O–H groups in total. The van der Waals surface area contributed by atoms with Crippen molar-refractivity contribution in [2.45, 2.75) is 37.4 Å². The molecule has 1 aromatic rings. The highest BCUT2D eigenvalue weighted by Gasteiger charge is 2.20. The van der Waals surface area contributed by atoms with Crippen molar-refractivity contribution in [2.24, 2.45) is 5.92 Å². The Hall–Kier alpha value is -0.350. The first kappa shape index (κ1) is 15.0. The summed E-state index contributed by atoms with van der Waals surface area (Å²) in [6.07, 6.45) is 4.90. The van der Waals surface area contributed by atoms with E-state index in [1.165, 1.54) is 19.3 Å². The number of halogens is 2. The fourth-order valence-electron chi connectivity index (χ4n) is 2.60. The molecule has 1 saturated carbocycles. The maximum Gasteiger partial charge on any atom is 0.251 e. The van der Waals surface area contributed by atoms with Gasteiger partial charge in [0, 0.05) is 21.4 Å². The van der Waals surface area contributed by atoms with E-state index < -0.39 is 0 Å². The van der Waals surface area contributed by atoms with Gasteiger partial charge in [0.05, 0.1) is 0 Å². The second-order valence-electron chi connectivity index (χ2n) is 5.25. The van der Waals surface area contributed by atoms with Crippen LogP contribution < -0.4 is 5.32 Å². The topological polar surface area (TPSA) is 29.1 Å². The van der Waals surface area contributed by atoms with Crippen molar-refractivity contribution in [2.75, 3.05) is 6.54 Å². The van der Waals surface area contributed by atoms with Crippen molar-refractivity contribution in [1.29, 1.82) is 0 Å². The lowest BCUT2D eigenvalue weighted by molar-refractivity contribution is 0.0943. The van der Waals surface area contributed by atoms with E-state index in [2.05, 4.69) is 37.2 Å². The van der Waals surface area contributed by atoms with E-state index in [1.54, 1.807) is 0 Å². The molecule has 1 aliphatic carbocycles. The van der Waals surface area contributed by atoms with Gasteiger partial charge in [-0.25, -0.2) is 0 Å². The van der Waals surface area contributed by atoms with Gasteiger partial charge in [-0.05, 0) is 49.8 Å². The number of amides is 1. The minimum absolute atomic E-state index is 0.0375. The van der Waals surface area contributed by atoms with Crippen LogP contribution in [0.25, 0.3) is 0 Å². The Labute approximate surface area is 131 Å². The molecule has 1 amide bonds. The molecule has 0 spiro atoms. The summed E-state index contributed by atoms with van der Waals surface area (Å²) in [4.78, 5) is 12.8. The Morgan fingerprint density at radius 1 is 1.42 bits per heavy atom. The summed E-state index contributed by atoms with van der Waals surface area (Å²) >= 11 is 7.15. The van der Waals surface area contributed by atoms with E-state index in [0.29, 0.717) is 10.7 Å². The Kier molecular flexibility index (Phi) is 5.46. The second kappa shape index (κ2) is 6.89. The van der Waals surface area contributed by atoms with E-state index in [4.69, 9.17) is 0 Å². The van der Waals surface area contributed by atoms with Gasteiger partial charge in [0.15, 0.2) is 0 Å². The van der Waals surface area contributed by atoms with Gasteiger partial charge in [-0.1, -0.05) is 44.3 Å². The van der Waals surface area contributed by atoms with Crippen LogP contribution in [0.4, 0.5) is 0 Å². The van der Waals surface area contributed by atoms with Crippen LogP contribution in [0.1, 0.15) is 41.6 Å². The third kappa shape index (κ3) is 4.06. The average Bonchev–Trinajstić information content (AvgIpc) is 2.39. The van der Waals surface area contributed by atoms with Crippen LogP contribution in [0.5, 0.6) is 0 Å². The van der Waals surface area contributed by atoms with Gasteiger partial charge in [0.1, 0.15) is 0 Å². The molecule has 19 heavy (non-hydrogen) atoms. The quantitative estimate of drug-likeness (QED) is 0.762. The first-order chi connectivity index (χ1) is 9.08. The molecule has 1 aromatic carbocycles. The lowest BCUT2D eigenvalue weighted by Crippen LogP contribution is -2.32. The van der Waals surface area contributed by atoms with Crippen molar-refractivity contribution in [1.82, 2.24) is 5.32 Å². The van der Waals surface area contributed by atoms with Crippen LogP contribution in [0.2, 0.25) is 0 Å². The average molecular weight is 389 g/mol. The van der Waals surface area contributed by atoms with Gasteiger partial charge in [0.25, 0.3) is 5.91 Å². The molecule has 1 fully saturated rings. The Bertz CT molecular complexity index is 461. The Morgan fingerprint density at radius 3 is 2.95 bits per heavy atom. The zero-order valence-electron chi connectivity index (χ0n) is 11.1. The van der Waals surface area contributed by atoms with Gasteiger partial charge in [-0.3, -0.25) is 4.79 Å². The van der Waals surface area contributed by atoms with Crippen molar-refractivity contribution in [3.8, 4) is 0 Å². The molecule has 2 rings (SSSR count). The monoisotopic (exact) mass is 387 g/mol. The van der Waals surface area contributed by atoms with Gasteiger partial charge in [0.2, 0.25) is 0 Å². The number of carbonyl (C=O) groups excluding carboxylic acids is 1. The number of benzene rings is 1. The van der Waals surface area contributed by atoms with Crippen LogP contribution in [0.15, 0.2) is 22.7 Å². The van der Waals surface area contributed by atoms with Crippen LogP contribution in [-0.4, -0.2) is 17.3 Å². The first-order valence-corrected chi connectivity index (χ1v) is 8.46. The number of nitrogens with one attached hydrogen (secondary N) is 1. The molecule has 0 aliphatic heterocycles. The maximum atomic E-state index is 12.2. The lowest BCUT2D eigenvalue weighted by atomic mass is 9.89. The van der Waals surface area contributed by atoms with Crippen molar-refractivity contribution in [3.05, 3.63) is 33.8 Å². The van der Waals surface area contributed by atoms with E-state index in [9.17, 15) is 4.79 Å². The largest absolute Gasteiger partial charge is 0.352 e. The number of alkyl halides is 1. The summed E-state index contributed by atoms with van der Waals surface area (Å²) in [5, 5.41) is 3.08. The summed E-state index contributed by atoms with van der Waals surface area (Å²) in [5.74, 6) is 0.644. The van der Waals surface area contributed by atoms with Gasteiger partial charge >= 0.3 is 0 Å². The zero-order chi connectivity index (χ0) is 13.8. The fraction of sp³-hybridized carbons (Fsp3) is 0.533. The maximum absolute atomic E-state index is 12.2. The standard InChI is InChI=1S/C15H19Br2NO/c1-10-13(6-3-7-14(10)17)15(19)18-9-11-4-2-5-12(16)8-11/h3,6-7,11-12H,2,4-5,8-9H2,1H3,(H,18,19). The SMILES string of the molecule is Cc1c(Br)cccc1C(=O)NCC1CCCC(Br)C1. The highest BCUT2D eigenvalue weighted by molar-refractivity contribution is 9.10. The second-order valence-corrected chi connectivity index (χ2v) is 7.40. The molecule has 104 valence electrons. The minimum Gasteiger partial charge on any atom is -0.352 e. The smallest absolute Gasteiger partial charge is 0.251 e. The molecule has 0 bridgehead atoms. The highest BCUT2D eigenvalue weighted by Crippen LogP contribution is 2.28. The summed E-state index contributed by atoms with van der Waals surface area (Å²) in [5.41, 5.74) is 1.77. The van der Waals surface area contributed by atoms with Crippen molar-refractivity contribution < 1.29 is 4.79 Å². The third-order valence-electron chi connectivity index (χ3n) is 3.78. The van der Waals surface area contributed by atoms with Crippen LogP contribution in [0.3, 0.4) is 0 Å². The molecular weight excluding hydrogens is 370 g/mol. The van der Waals surface area contributed by atoms with Gasteiger partial charge in [-0.2, -0.15) is 0 Å².